The van der Waals surface area contributed by atoms with Crippen LogP contribution in [0.3, 0.4) is 0 Å². The Morgan fingerprint density at radius 1 is 1.40 bits per heavy atom. The lowest BCUT2D eigenvalue weighted by atomic mass is 10.0. The Morgan fingerprint density at radius 3 is 3.10 bits per heavy atom. The van der Waals surface area contributed by atoms with Gasteiger partial charge in [0.15, 0.2) is 5.66 Å². The minimum absolute atomic E-state index is 0.704. The molecule has 0 saturated carbocycles. The number of allylic oxidation sites excluding steroid dienone is 2. The zero-order valence-electron chi connectivity index (χ0n) is 5.23. The van der Waals surface area contributed by atoms with E-state index in [1.165, 1.54) is 0 Å². The fraction of sp³-hybridized carbons (Fsp3) is 0.167. The molecule has 0 saturated heterocycles. The standard InChI is InChI=1S/C6H6N4/c7-6-4-2-1-3-5(6)8-10-9-6/h1-4H,7H2. The lowest BCUT2D eigenvalue weighted by molar-refractivity contribution is 0.718. The van der Waals surface area contributed by atoms with E-state index in [-0.39, 0.29) is 0 Å². The molecule has 0 radical (unpaired) electrons. The van der Waals surface area contributed by atoms with Gasteiger partial charge in [-0.1, -0.05) is 12.2 Å². The van der Waals surface area contributed by atoms with Crippen LogP contribution in [-0.2, 0) is 0 Å². The van der Waals surface area contributed by atoms with Gasteiger partial charge in [-0.3, -0.25) is 5.73 Å². The van der Waals surface area contributed by atoms with Crippen LogP contribution in [0.25, 0.3) is 0 Å². The molecule has 0 spiro atoms. The van der Waals surface area contributed by atoms with Crippen LogP contribution < -0.4 is 5.73 Å². The first-order valence-electron chi connectivity index (χ1n) is 2.96. The van der Waals surface area contributed by atoms with Gasteiger partial charge in [0, 0.05) is 0 Å². The minimum Gasteiger partial charge on any atom is -0.297 e. The molecule has 2 aliphatic rings. The van der Waals surface area contributed by atoms with Gasteiger partial charge in [0.2, 0.25) is 0 Å². The van der Waals surface area contributed by atoms with E-state index in [1.807, 2.05) is 12.2 Å². The second-order valence-electron chi connectivity index (χ2n) is 2.22. The summed E-state index contributed by atoms with van der Waals surface area (Å²) in [7, 11) is 0. The minimum atomic E-state index is -0.769. The van der Waals surface area contributed by atoms with Gasteiger partial charge in [-0.25, -0.2) is 0 Å². The molecule has 2 rings (SSSR count). The predicted octanol–water partition coefficient (Wildman–Crippen LogP) is 0.589. The first kappa shape index (κ1) is 5.49. The maximum atomic E-state index is 5.74. The van der Waals surface area contributed by atoms with Crippen molar-refractivity contribution in [3.05, 3.63) is 24.3 Å². The van der Waals surface area contributed by atoms with E-state index in [0.29, 0.717) is 5.71 Å². The molecule has 0 aromatic carbocycles. The number of hydrogen-bond acceptors (Lipinski definition) is 4. The van der Waals surface area contributed by atoms with Gasteiger partial charge < -0.3 is 0 Å². The summed E-state index contributed by atoms with van der Waals surface area (Å²) in [6.45, 7) is 0. The molecular weight excluding hydrogens is 128 g/mol. The Bertz CT molecular complexity index is 273. The molecule has 1 aliphatic heterocycles. The van der Waals surface area contributed by atoms with Crippen LogP contribution in [0, 0.1) is 0 Å². The molecule has 4 nitrogen and oxygen atoms in total. The van der Waals surface area contributed by atoms with Gasteiger partial charge in [0.25, 0.3) is 0 Å². The second-order valence-corrected chi connectivity index (χ2v) is 2.22. The maximum Gasteiger partial charge on any atom is 0.194 e. The highest BCUT2D eigenvalue weighted by Crippen LogP contribution is 2.19. The van der Waals surface area contributed by atoms with E-state index in [0.717, 1.165) is 0 Å². The van der Waals surface area contributed by atoms with Gasteiger partial charge in [0.1, 0.15) is 5.71 Å². The van der Waals surface area contributed by atoms with Gasteiger partial charge in [-0.15, -0.1) is 10.2 Å². The molecule has 0 fully saturated rings. The fourth-order valence-corrected chi connectivity index (χ4v) is 0.910. The molecule has 1 heterocycles. The summed E-state index contributed by atoms with van der Waals surface area (Å²) in [6, 6.07) is 0. The topological polar surface area (TPSA) is 63.1 Å². The summed E-state index contributed by atoms with van der Waals surface area (Å²) in [4.78, 5) is 0. The van der Waals surface area contributed by atoms with Crippen LogP contribution in [0.4, 0.5) is 0 Å². The average Bonchev–Trinajstić information content (AvgIpc) is 2.29. The zero-order valence-corrected chi connectivity index (χ0v) is 5.23. The quantitative estimate of drug-likeness (QED) is 0.517. The molecule has 1 unspecified atom stereocenters. The van der Waals surface area contributed by atoms with Crippen molar-refractivity contribution in [3.8, 4) is 0 Å². The van der Waals surface area contributed by atoms with Crippen LogP contribution in [0.15, 0.2) is 39.7 Å². The van der Waals surface area contributed by atoms with Crippen molar-refractivity contribution in [2.75, 3.05) is 0 Å². The number of nitrogens with zero attached hydrogens (tertiary/aromatic N) is 3. The van der Waals surface area contributed by atoms with E-state index >= 15 is 0 Å². The smallest absolute Gasteiger partial charge is 0.194 e. The van der Waals surface area contributed by atoms with Gasteiger partial charge in [-0.2, -0.15) is 0 Å². The highest BCUT2D eigenvalue weighted by atomic mass is 15.5. The molecule has 10 heavy (non-hydrogen) atoms. The van der Waals surface area contributed by atoms with Crippen molar-refractivity contribution in [1.29, 1.82) is 0 Å². The Labute approximate surface area is 57.8 Å². The van der Waals surface area contributed by atoms with Crippen LogP contribution >= 0.6 is 0 Å². The largest absolute Gasteiger partial charge is 0.297 e. The van der Waals surface area contributed by atoms with E-state index < -0.39 is 5.66 Å². The average molecular weight is 134 g/mol. The molecule has 2 N–H and O–H groups in total. The summed E-state index contributed by atoms with van der Waals surface area (Å²) in [5, 5.41) is 11.0. The zero-order chi connectivity index (χ0) is 7.03. The summed E-state index contributed by atoms with van der Waals surface area (Å²) in [5.74, 6) is 0. The summed E-state index contributed by atoms with van der Waals surface area (Å²) < 4.78 is 0. The number of fused-ring (bicyclic) bond motifs is 1. The van der Waals surface area contributed by atoms with E-state index in [1.54, 1.807) is 12.2 Å². The summed E-state index contributed by atoms with van der Waals surface area (Å²) in [6.07, 6.45) is 7.27. The third-order valence-corrected chi connectivity index (χ3v) is 1.49. The lowest BCUT2D eigenvalue weighted by Crippen LogP contribution is -2.42. The number of rotatable bonds is 0. The third kappa shape index (κ3) is 0.563. The Kier molecular flexibility index (Phi) is 0.881. The van der Waals surface area contributed by atoms with Crippen molar-refractivity contribution < 1.29 is 0 Å². The molecule has 0 aromatic heterocycles. The van der Waals surface area contributed by atoms with Crippen LogP contribution in [0.5, 0.6) is 0 Å². The Balaban J connectivity index is 2.51. The highest BCUT2D eigenvalue weighted by Gasteiger charge is 2.31. The van der Waals surface area contributed by atoms with Crippen LogP contribution in [-0.4, -0.2) is 11.4 Å². The monoisotopic (exact) mass is 134 g/mol. The SMILES string of the molecule is NC12C=CC=CC1=NN=N2. The summed E-state index contributed by atoms with van der Waals surface area (Å²) in [5.41, 5.74) is 5.67. The van der Waals surface area contributed by atoms with E-state index in [9.17, 15) is 0 Å². The highest BCUT2D eigenvalue weighted by molar-refractivity contribution is 6.05. The lowest BCUT2D eigenvalue weighted by Gasteiger charge is -2.15. The van der Waals surface area contributed by atoms with Crippen molar-refractivity contribution in [2.45, 2.75) is 5.66 Å². The summed E-state index contributed by atoms with van der Waals surface area (Å²) >= 11 is 0. The van der Waals surface area contributed by atoms with Crippen LogP contribution in [0.2, 0.25) is 0 Å². The maximum absolute atomic E-state index is 5.74. The third-order valence-electron chi connectivity index (χ3n) is 1.49. The fourth-order valence-electron chi connectivity index (χ4n) is 0.910. The van der Waals surface area contributed by atoms with Gasteiger partial charge in [-0.05, 0) is 17.4 Å². The molecular formula is C6H6N4. The number of hydrogen-bond donors (Lipinski definition) is 1. The van der Waals surface area contributed by atoms with Crippen LogP contribution in [0.1, 0.15) is 0 Å². The van der Waals surface area contributed by atoms with E-state index in [2.05, 4.69) is 15.4 Å². The van der Waals surface area contributed by atoms with Crippen molar-refractivity contribution in [3.63, 3.8) is 0 Å². The van der Waals surface area contributed by atoms with Crippen molar-refractivity contribution >= 4 is 5.71 Å². The molecule has 1 aliphatic carbocycles. The Hall–Kier alpha value is -1.29. The molecule has 0 aromatic rings. The molecule has 1 atom stereocenters. The normalized spacial score (nSPS) is 34.3. The van der Waals surface area contributed by atoms with Gasteiger partial charge in [0.05, 0.1) is 0 Å². The second kappa shape index (κ2) is 1.60. The first-order chi connectivity index (χ1) is 4.81. The first-order valence-corrected chi connectivity index (χ1v) is 2.96. The molecule has 0 bridgehead atoms. The number of nitrogens with two attached hydrogens (primary N) is 1. The Morgan fingerprint density at radius 2 is 2.30 bits per heavy atom. The molecule has 50 valence electrons. The van der Waals surface area contributed by atoms with E-state index in [4.69, 9.17) is 5.73 Å². The van der Waals surface area contributed by atoms with Crippen molar-refractivity contribution in [2.24, 2.45) is 21.2 Å². The molecule has 0 amide bonds. The molecule has 4 heteroatoms. The van der Waals surface area contributed by atoms with Gasteiger partial charge >= 0.3 is 0 Å². The van der Waals surface area contributed by atoms with Crippen molar-refractivity contribution in [1.82, 2.24) is 0 Å². The predicted molar refractivity (Wildman–Crippen MR) is 37.5 cm³/mol.